The van der Waals surface area contributed by atoms with Gasteiger partial charge in [-0.1, -0.05) is 38.7 Å². The van der Waals surface area contributed by atoms with Crippen molar-refractivity contribution < 1.29 is 19.8 Å². The molecule has 0 radical (unpaired) electrons. The lowest BCUT2D eigenvalue weighted by molar-refractivity contribution is 0.0650. The van der Waals surface area contributed by atoms with E-state index in [0.717, 1.165) is 24.8 Å². The number of carboxylic acid groups (broad SMARTS) is 2. The van der Waals surface area contributed by atoms with Gasteiger partial charge in [-0.25, -0.2) is 9.59 Å². The van der Waals surface area contributed by atoms with Crippen LogP contribution >= 0.6 is 0 Å². The number of carbonyl (C=O) groups is 2. The maximum Gasteiger partial charge on any atom is 0.336 e. The van der Waals surface area contributed by atoms with Gasteiger partial charge in [-0.3, -0.25) is 0 Å². The zero-order valence-electron chi connectivity index (χ0n) is 12.1. The second-order valence-corrected chi connectivity index (χ2v) is 5.05. The Balaban J connectivity index is 2.86. The van der Waals surface area contributed by atoms with E-state index in [0.29, 0.717) is 5.56 Å². The molecule has 0 aliphatic heterocycles. The monoisotopic (exact) mass is 278 g/mol. The van der Waals surface area contributed by atoms with E-state index in [1.54, 1.807) is 13.0 Å². The molecule has 0 amide bonds. The second kappa shape index (κ2) is 7.68. The Kier molecular flexibility index (Phi) is 6.22. The van der Waals surface area contributed by atoms with Gasteiger partial charge in [0.1, 0.15) is 0 Å². The highest BCUT2D eigenvalue weighted by Gasteiger charge is 2.20. The molecule has 2 N–H and O–H groups in total. The van der Waals surface area contributed by atoms with Crippen LogP contribution in [0.4, 0.5) is 0 Å². The van der Waals surface area contributed by atoms with Crippen molar-refractivity contribution in [1.82, 2.24) is 0 Å². The number of carboxylic acids is 2. The first-order valence-electron chi connectivity index (χ1n) is 7.08. The molecule has 110 valence electrons. The van der Waals surface area contributed by atoms with Crippen LogP contribution in [0.3, 0.4) is 0 Å². The van der Waals surface area contributed by atoms with Crippen molar-refractivity contribution in [1.29, 1.82) is 0 Å². The predicted molar refractivity (Wildman–Crippen MR) is 77.6 cm³/mol. The van der Waals surface area contributed by atoms with Crippen LogP contribution in [0.25, 0.3) is 0 Å². The van der Waals surface area contributed by atoms with Gasteiger partial charge in [0.15, 0.2) is 0 Å². The van der Waals surface area contributed by atoms with Crippen LogP contribution in [0.5, 0.6) is 0 Å². The van der Waals surface area contributed by atoms with Crippen molar-refractivity contribution in [3.63, 3.8) is 0 Å². The number of aryl methyl sites for hydroxylation is 1. The lowest BCUT2D eigenvalue weighted by Gasteiger charge is -2.11. The largest absolute Gasteiger partial charge is 0.478 e. The molecule has 0 aliphatic rings. The molecule has 0 bridgehead atoms. The zero-order chi connectivity index (χ0) is 15.1. The number of benzene rings is 1. The van der Waals surface area contributed by atoms with Gasteiger partial charge in [0.05, 0.1) is 11.1 Å². The molecular weight excluding hydrogens is 256 g/mol. The third-order valence-electron chi connectivity index (χ3n) is 3.57. The van der Waals surface area contributed by atoms with Gasteiger partial charge in [0.25, 0.3) is 0 Å². The van der Waals surface area contributed by atoms with Crippen LogP contribution in [-0.4, -0.2) is 22.2 Å². The molecule has 0 aliphatic carbocycles. The molecule has 1 aromatic rings. The van der Waals surface area contributed by atoms with Crippen molar-refractivity contribution in [2.24, 2.45) is 0 Å². The fourth-order valence-electron chi connectivity index (χ4n) is 2.40. The molecule has 0 atom stereocenters. The molecule has 20 heavy (non-hydrogen) atoms. The summed E-state index contributed by atoms with van der Waals surface area (Å²) in [7, 11) is 0. The third kappa shape index (κ3) is 4.08. The Labute approximate surface area is 119 Å². The Morgan fingerprint density at radius 1 is 1.00 bits per heavy atom. The Bertz CT molecular complexity index is 491. The first kappa shape index (κ1) is 16.2. The summed E-state index contributed by atoms with van der Waals surface area (Å²) in [6.45, 7) is 3.85. The van der Waals surface area contributed by atoms with E-state index in [2.05, 4.69) is 6.92 Å². The Morgan fingerprint density at radius 3 is 2.20 bits per heavy atom. The summed E-state index contributed by atoms with van der Waals surface area (Å²) in [6.07, 6.45) is 6.53. The third-order valence-corrected chi connectivity index (χ3v) is 3.57. The van der Waals surface area contributed by atoms with Gasteiger partial charge in [-0.15, -0.1) is 0 Å². The fraction of sp³-hybridized carbons (Fsp3) is 0.500. The topological polar surface area (TPSA) is 74.6 Å². The van der Waals surface area contributed by atoms with Gasteiger partial charge in [-0.2, -0.15) is 0 Å². The van der Waals surface area contributed by atoms with Crippen molar-refractivity contribution in [3.8, 4) is 0 Å². The minimum atomic E-state index is -1.19. The number of hydrogen-bond acceptors (Lipinski definition) is 2. The van der Waals surface area contributed by atoms with Gasteiger partial charge in [0.2, 0.25) is 0 Å². The second-order valence-electron chi connectivity index (χ2n) is 5.05. The predicted octanol–water partition coefficient (Wildman–Crippen LogP) is 3.90. The molecule has 0 unspecified atom stereocenters. The Morgan fingerprint density at radius 2 is 1.65 bits per heavy atom. The summed E-state index contributed by atoms with van der Waals surface area (Å²) in [6, 6.07) is 3.14. The highest BCUT2D eigenvalue weighted by Crippen LogP contribution is 2.21. The van der Waals surface area contributed by atoms with E-state index in [-0.39, 0.29) is 11.1 Å². The van der Waals surface area contributed by atoms with E-state index in [1.165, 1.54) is 25.3 Å². The normalized spacial score (nSPS) is 10.5. The van der Waals surface area contributed by atoms with Crippen molar-refractivity contribution in [2.45, 2.75) is 52.4 Å². The standard InChI is InChI=1S/C16H22O4/c1-3-4-5-6-7-8-12-9-10-13(15(17)18)14(11(12)2)16(19)20/h9-10H,3-8H2,1-2H3,(H,17,18)(H,19,20). The van der Waals surface area contributed by atoms with E-state index >= 15 is 0 Å². The quantitative estimate of drug-likeness (QED) is 0.707. The van der Waals surface area contributed by atoms with E-state index in [9.17, 15) is 14.7 Å². The number of hydrogen-bond donors (Lipinski definition) is 2. The molecule has 4 nitrogen and oxygen atoms in total. The van der Waals surface area contributed by atoms with Gasteiger partial charge < -0.3 is 10.2 Å². The highest BCUT2D eigenvalue weighted by atomic mass is 16.4. The molecule has 0 saturated heterocycles. The molecule has 0 fully saturated rings. The SMILES string of the molecule is CCCCCCCc1ccc(C(=O)O)c(C(=O)O)c1C. The molecule has 0 aromatic heterocycles. The molecule has 1 rings (SSSR count). The van der Waals surface area contributed by atoms with E-state index in [4.69, 9.17) is 5.11 Å². The summed E-state index contributed by atoms with van der Waals surface area (Å²) < 4.78 is 0. The first-order chi connectivity index (χ1) is 9.49. The Hall–Kier alpha value is -1.84. The number of unbranched alkanes of at least 4 members (excludes halogenated alkanes) is 4. The molecule has 0 saturated carbocycles. The summed E-state index contributed by atoms with van der Waals surface area (Å²) in [5.41, 5.74) is 1.30. The lowest BCUT2D eigenvalue weighted by atomic mass is 9.93. The summed E-state index contributed by atoms with van der Waals surface area (Å²) in [5, 5.41) is 18.2. The van der Waals surface area contributed by atoms with E-state index in [1.807, 2.05) is 0 Å². The van der Waals surface area contributed by atoms with Crippen molar-refractivity contribution >= 4 is 11.9 Å². The molecule has 4 heteroatoms. The van der Waals surface area contributed by atoms with Crippen LogP contribution in [0.2, 0.25) is 0 Å². The average molecular weight is 278 g/mol. The highest BCUT2D eigenvalue weighted by molar-refractivity contribution is 6.03. The molecule has 0 heterocycles. The first-order valence-corrected chi connectivity index (χ1v) is 7.08. The maximum absolute atomic E-state index is 11.3. The number of aromatic carboxylic acids is 2. The molecule has 1 aromatic carbocycles. The molecule has 0 spiro atoms. The van der Waals surface area contributed by atoms with Gasteiger partial charge in [0, 0.05) is 0 Å². The zero-order valence-corrected chi connectivity index (χ0v) is 12.1. The minimum absolute atomic E-state index is 0.0800. The average Bonchev–Trinajstić information content (AvgIpc) is 2.39. The maximum atomic E-state index is 11.3. The van der Waals surface area contributed by atoms with Crippen molar-refractivity contribution in [3.05, 3.63) is 34.4 Å². The van der Waals surface area contributed by atoms with Crippen LogP contribution in [-0.2, 0) is 6.42 Å². The van der Waals surface area contributed by atoms with E-state index < -0.39 is 11.9 Å². The number of rotatable bonds is 8. The van der Waals surface area contributed by atoms with Crippen LogP contribution < -0.4 is 0 Å². The van der Waals surface area contributed by atoms with Gasteiger partial charge in [-0.05, 0) is 37.0 Å². The van der Waals surface area contributed by atoms with Gasteiger partial charge >= 0.3 is 11.9 Å². The van der Waals surface area contributed by atoms with Crippen LogP contribution in [0.15, 0.2) is 12.1 Å². The van der Waals surface area contributed by atoms with Crippen molar-refractivity contribution in [2.75, 3.05) is 0 Å². The fourth-order valence-corrected chi connectivity index (χ4v) is 2.40. The summed E-state index contributed by atoms with van der Waals surface area (Å²) >= 11 is 0. The molecular formula is C16H22O4. The lowest BCUT2D eigenvalue weighted by Crippen LogP contribution is -2.12. The summed E-state index contributed by atoms with van der Waals surface area (Å²) in [5.74, 6) is -2.37. The van der Waals surface area contributed by atoms with Crippen LogP contribution in [0, 0.1) is 6.92 Å². The van der Waals surface area contributed by atoms with Crippen LogP contribution in [0.1, 0.15) is 70.9 Å². The summed E-state index contributed by atoms with van der Waals surface area (Å²) in [4.78, 5) is 22.3. The minimum Gasteiger partial charge on any atom is -0.478 e. The smallest absolute Gasteiger partial charge is 0.336 e.